The predicted molar refractivity (Wildman–Crippen MR) is 152 cm³/mol. The highest BCUT2D eigenvalue weighted by molar-refractivity contribution is 7.89. The van der Waals surface area contributed by atoms with E-state index in [-0.39, 0.29) is 23.2 Å². The van der Waals surface area contributed by atoms with E-state index in [1.54, 1.807) is 40.6 Å². The molecule has 8 nitrogen and oxygen atoms in total. The minimum Gasteiger partial charge on any atom is -0.497 e. The molecule has 11 heteroatoms. The summed E-state index contributed by atoms with van der Waals surface area (Å²) < 4.78 is 34.3. The Bertz CT molecular complexity index is 1320. The number of anilines is 1. The Morgan fingerprint density at radius 3 is 2.32 bits per heavy atom. The highest BCUT2D eigenvalue weighted by Gasteiger charge is 2.32. The highest BCUT2D eigenvalue weighted by atomic mass is 35.5. The van der Waals surface area contributed by atoms with Crippen LogP contribution in [0, 0.1) is 11.8 Å². The Labute approximate surface area is 229 Å². The second-order valence-corrected chi connectivity index (χ2v) is 12.8. The quantitative estimate of drug-likeness (QED) is 0.396. The van der Waals surface area contributed by atoms with E-state index < -0.39 is 10.0 Å². The maximum absolute atomic E-state index is 13.6. The van der Waals surface area contributed by atoms with Gasteiger partial charge in [0.2, 0.25) is 10.0 Å². The van der Waals surface area contributed by atoms with Crippen LogP contribution >= 0.6 is 23.7 Å². The number of benzene rings is 2. The van der Waals surface area contributed by atoms with Crippen molar-refractivity contribution in [1.29, 1.82) is 0 Å². The number of sulfonamides is 1. The number of likely N-dealkylation sites (N-methyl/N-ethyl adjacent to an activating group) is 1. The van der Waals surface area contributed by atoms with Gasteiger partial charge in [-0.1, -0.05) is 25.2 Å². The molecule has 0 radical (unpaired) electrons. The first-order valence-electron chi connectivity index (χ1n) is 12.1. The lowest BCUT2D eigenvalue weighted by molar-refractivity contribution is 0.0985. The fourth-order valence-corrected chi connectivity index (χ4v) is 7.29. The topological polar surface area (TPSA) is 83.0 Å². The molecule has 0 saturated carbocycles. The van der Waals surface area contributed by atoms with Crippen LogP contribution in [0.3, 0.4) is 0 Å². The number of piperidine rings is 1. The van der Waals surface area contributed by atoms with Gasteiger partial charge in [0.1, 0.15) is 5.75 Å². The third-order valence-electron chi connectivity index (χ3n) is 6.41. The summed E-state index contributed by atoms with van der Waals surface area (Å²) in [5.41, 5.74) is 1.22. The van der Waals surface area contributed by atoms with Crippen molar-refractivity contribution in [3.63, 3.8) is 0 Å². The van der Waals surface area contributed by atoms with Crippen molar-refractivity contribution in [3.05, 3.63) is 48.0 Å². The molecule has 202 valence electrons. The Kier molecular flexibility index (Phi) is 9.57. The summed E-state index contributed by atoms with van der Waals surface area (Å²) in [5, 5.41) is 0.595. The molecule has 1 aliphatic rings. The van der Waals surface area contributed by atoms with Crippen molar-refractivity contribution in [1.82, 2.24) is 14.2 Å². The molecule has 2 aromatic carbocycles. The fourth-order valence-electron chi connectivity index (χ4n) is 4.60. The number of aromatic nitrogens is 1. The molecule has 1 aliphatic heterocycles. The number of methoxy groups -OCH3 is 1. The largest absolute Gasteiger partial charge is 0.497 e. The number of carbonyl (C=O) groups excluding carboxylic acids is 1. The predicted octanol–water partition coefficient (Wildman–Crippen LogP) is 4.60. The number of thiazole rings is 1. The second-order valence-electron chi connectivity index (χ2n) is 9.88. The number of fused-ring (bicyclic) bond motifs is 1. The van der Waals surface area contributed by atoms with Crippen LogP contribution in [0.4, 0.5) is 5.13 Å². The van der Waals surface area contributed by atoms with E-state index in [0.29, 0.717) is 48.7 Å². The zero-order valence-electron chi connectivity index (χ0n) is 21.9. The van der Waals surface area contributed by atoms with Crippen LogP contribution in [0.25, 0.3) is 10.2 Å². The van der Waals surface area contributed by atoms with E-state index in [1.165, 1.54) is 11.3 Å². The summed E-state index contributed by atoms with van der Waals surface area (Å²) in [6.45, 7) is 6.32. The smallest absolute Gasteiger partial charge is 0.260 e. The summed E-state index contributed by atoms with van der Waals surface area (Å²) in [7, 11) is 1.91. The van der Waals surface area contributed by atoms with Gasteiger partial charge in [-0.2, -0.15) is 4.31 Å². The van der Waals surface area contributed by atoms with Crippen molar-refractivity contribution in [2.75, 3.05) is 52.3 Å². The van der Waals surface area contributed by atoms with Gasteiger partial charge in [0.25, 0.3) is 5.91 Å². The van der Waals surface area contributed by atoms with Crippen molar-refractivity contribution < 1.29 is 17.9 Å². The van der Waals surface area contributed by atoms with Gasteiger partial charge >= 0.3 is 0 Å². The van der Waals surface area contributed by atoms with Crippen LogP contribution in [-0.4, -0.2) is 75.9 Å². The van der Waals surface area contributed by atoms with Crippen LogP contribution in [0.1, 0.15) is 30.6 Å². The Hall–Kier alpha value is -2.24. The minimum atomic E-state index is -3.61. The molecule has 1 saturated heterocycles. The Morgan fingerprint density at radius 2 is 1.73 bits per heavy atom. The zero-order valence-corrected chi connectivity index (χ0v) is 24.3. The first-order valence-corrected chi connectivity index (χ1v) is 14.4. The summed E-state index contributed by atoms with van der Waals surface area (Å²) in [5.74, 6) is 1.16. The maximum atomic E-state index is 13.6. The van der Waals surface area contributed by atoms with Crippen LogP contribution in [0.5, 0.6) is 5.75 Å². The molecule has 0 spiro atoms. The van der Waals surface area contributed by atoms with Crippen molar-refractivity contribution in [3.8, 4) is 5.75 Å². The number of nitrogens with zero attached hydrogens (tertiary/aromatic N) is 4. The molecular weight excluding hydrogens is 532 g/mol. The molecule has 2 unspecified atom stereocenters. The van der Waals surface area contributed by atoms with Gasteiger partial charge in [0.05, 0.1) is 22.2 Å². The average molecular weight is 567 g/mol. The van der Waals surface area contributed by atoms with E-state index in [1.807, 2.05) is 37.2 Å². The lowest BCUT2D eigenvalue weighted by atomic mass is 9.94. The first-order chi connectivity index (χ1) is 17.1. The Morgan fingerprint density at radius 1 is 1.08 bits per heavy atom. The molecule has 2 atom stereocenters. The normalized spacial score (nSPS) is 18.5. The number of ether oxygens (including phenoxy) is 1. The van der Waals surface area contributed by atoms with Gasteiger partial charge < -0.3 is 9.64 Å². The second kappa shape index (κ2) is 12.1. The van der Waals surface area contributed by atoms with Crippen LogP contribution in [0.2, 0.25) is 0 Å². The van der Waals surface area contributed by atoms with Gasteiger partial charge in [-0.15, -0.1) is 12.4 Å². The fraction of sp³-hybridized carbons (Fsp3) is 0.462. The number of rotatable bonds is 8. The molecule has 0 aliphatic carbocycles. The highest BCUT2D eigenvalue weighted by Crippen LogP contribution is 2.32. The summed E-state index contributed by atoms with van der Waals surface area (Å²) in [4.78, 5) is 22.2. The molecule has 0 N–H and O–H groups in total. The van der Waals surface area contributed by atoms with Gasteiger partial charge in [0.15, 0.2) is 5.13 Å². The number of hydrogen-bond donors (Lipinski definition) is 0. The maximum Gasteiger partial charge on any atom is 0.260 e. The molecule has 1 fully saturated rings. The SMILES string of the molecule is COc1ccc2nc(N(CCN(C)C)C(=O)c3ccc(S(=O)(=O)N4CC(C)CC(C)C4)cc3)sc2c1.Cl. The number of hydrogen-bond acceptors (Lipinski definition) is 7. The van der Waals surface area contributed by atoms with Gasteiger partial charge in [-0.05, 0) is 74.8 Å². The standard InChI is InChI=1S/C26H34N4O4S2.ClH/c1-18-14-19(2)17-29(16-18)36(32,33)22-9-6-20(7-10-22)25(31)30(13-12-28(3)4)26-27-23-11-8-21(34-5)15-24(23)35-26;/h6-11,15,18-19H,12-14,16-17H2,1-5H3;1H. The van der Waals surface area contributed by atoms with Crippen LogP contribution in [-0.2, 0) is 10.0 Å². The van der Waals surface area contributed by atoms with Crippen molar-refractivity contribution >= 4 is 55.0 Å². The lowest BCUT2D eigenvalue weighted by Crippen LogP contribution is -2.42. The van der Waals surface area contributed by atoms with Gasteiger partial charge in [-0.3, -0.25) is 9.69 Å². The van der Waals surface area contributed by atoms with Crippen LogP contribution < -0.4 is 9.64 Å². The van der Waals surface area contributed by atoms with Gasteiger partial charge in [-0.25, -0.2) is 13.4 Å². The van der Waals surface area contributed by atoms with Crippen molar-refractivity contribution in [2.45, 2.75) is 25.2 Å². The van der Waals surface area contributed by atoms with E-state index >= 15 is 0 Å². The third kappa shape index (κ3) is 6.61. The summed E-state index contributed by atoms with van der Waals surface area (Å²) in [6.07, 6.45) is 1.03. The molecule has 37 heavy (non-hydrogen) atoms. The van der Waals surface area contributed by atoms with E-state index in [4.69, 9.17) is 9.72 Å². The van der Waals surface area contributed by atoms with Crippen molar-refractivity contribution in [2.24, 2.45) is 11.8 Å². The number of amides is 1. The minimum absolute atomic E-state index is 0. The van der Waals surface area contributed by atoms with E-state index in [0.717, 1.165) is 22.4 Å². The summed E-state index contributed by atoms with van der Waals surface area (Å²) >= 11 is 1.43. The molecular formula is C26H35ClN4O4S2. The molecule has 0 bridgehead atoms. The summed E-state index contributed by atoms with van der Waals surface area (Å²) in [6, 6.07) is 11.9. The third-order valence-corrected chi connectivity index (χ3v) is 9.29. The van der Waals surface area contributed by atoms with E-state index in [9.17, 15) is 13.2 Å². The van der Waals surface area contributed by atoms with Crippen LogP contribution in [0.15, 0.2) is 47.4 Å². The average Bonchev–Trinajstić information content (AvgIpc) is 3.26. The lowest BCUT2D eigenvalue weighted by Gasteiger charge is -2.34. The first kappa shape index (κ1) is 29.3. The Balaban J connectivity index is 0.00000380. The zero-order chi connectivity index (χ0) is 26.0. The number of halogens is 1. The molecule has 1 aromatic heterocycles. The molecule has 4 rings (SSSR count). The van der Waals surface area contributed by atoms with E-state index in [2.05, 4.69) is 13.8 Å². The molecule has 3 aromatic rings. The molecule has 1 amide bonds. The monoisotopic (exact) mass is 566 g/mol. The molecule has 2 heterocycles. The number of carbonyl (C=O) groups is 1. The van der Waals surface area contributed by atoms with Gasteiger partial charge in [0, 0.05) is 31.7 Å².